The summed E-state index contributed by atoms with van der Waals surface area (Å²) in [5.74, 6) is 1.69. The van der Waals surface area contributed by atoms with Crippen LogP contribution in [-0.2, 0) is 17.9 Å². The predicted octanol–water partition coefficient (Wildman–Crippen LogP) is 3.97. The van der Waals surface area contributed by atoms with Crippen molar-refractivity contribution >= 4 is 17.7 Å². The number of nitrogens with one attached hydrogen (secondary N) is 1. The lowest BCUT2D eigenvalue weighted by Gasteiger charge is -2.29. The van der Waals surface area contributed by atoms with E-state index in [2.05, 4.69) is 29.0 Å². The van der Waals surface area contributed by atoms with Gasteiger partial charge in [-0.05, 0) is 43.0 Å². The molecule has 1 aliphatic rings. The number of carbonyl (C=O) groups excluding carboxylic acids is 1. The van der Waals surface area contributed by atoms with Gasteiger partial charge in [0.15, 0.2) is 11.0 Å². The minimum absolute atomic E-state index is 0.0195. The molecule has 0 saturated heterocycles. The molecule has 29 heavy (non-hydrogen) atoms. The van der Waals surface area contributed by atoms with E-state index in [1.54, 1.807) is 18.2 Å². The third-order valence-electron chi connectivity index (χ3n) is 5.08. The van der Waals surface area contributed by atoms with Crippen LogP contribution in [0.4, 0.5) is 4.39 Å². The molecular weight excluding hydrogens is 391 g/mol. The van der Waals surface area contributed by atoms with Crippen LogP contribution in [0.5, 0.6) is 5.75 Å². The highest BCUT2D eigenvalue weighted by Gasteiger charge is 2.23. The van der Waals surface area contributed by atoms with Crippen molar-refractivity contribution in [2.24, 2.45) is 5.92 Å². The van der Waals surface area contributed by atoms with Gasteiger partial charge in [0, 0.05) is 12.6 Å². The second-order valence-electron chi connectivity index (χ2n) is 7.27. The summed E-state index contributed by atoms with van der Waals surface area (Å²) in [6.45, 7) is 6.68. The zero-order valence-electron chi connectivity index (χ0n) is 16.6. The van der Waals surface area contributed by atoms with E-state index < -0.39 is 0 Å². The van der Waals surface area contributed by atoms with Gasteiger partial charge in [-0.25, -0.2) is 4.39 Å². The van der Waals surface area contributed by atoms with E-state index in [-0.39, 0.29) is 30.1 Å². The third-order valence-corrected chi connectivity index (χ3v) is 6.04. The van der Waals surface area contributed by atoms with Gasteiger partial charge in [0.1, 0.15) is 18.2 Å². The molecule has 1 aliphatic carbocycles. The van der Waals surface area contributed by atoms with Crippen molar-refractivity contribution in [2.75, 3.05) is 5.75 Å². The number of amides is 1. The number of ether oxygens (including phenoxy) is 1. The highest BCUT2D eigenvalue weighted by molar-refractivity contribution is 7.99. The summed E-state index contributed by atoms with van der Waals surface area (Å²) in [4.78, 5) is 12.4. The summed E-state index contributed by atoms with van der Waals surface area (Å²) in [7, 11) is 0. The van der Waals surface area contributed by atoms with Crippen molar-refractivity contribution in [3.63, 3.8) is 0 Å². The first kappa shape index (κ1) is 21.4. The number of halogens is 1. The minimum Gasteiger partial charge on any atom is -0.486 e. The molecule has 1 saturated carbocycles. The van der Waals surface area contributed by atoms with E-state index in [1.807, 2.05) is 4.57 Å². The molecule has 1 aromatic carbocycles. The second-order valence-corrected chi connectivity index (χ2v) is 8.21. The van der Waals surface area contributed by atoms with E-state index in [0.717, 1.165) is 6.42 Å². The number of nitrogens with zero attached hydrogens (tertiary/aromatic N) is 3. The van der Waals surface area contributed by atoms with Crippen molar-refractivity contribution in [1.29, 1.82) is 0 Å². The number of carbonyl (C=O) groups is 1. The first-order chi connectivity index (χ1) is 14.1. The summed E-state index contributed by atoms with van der Waals surface area (Å²) < 4.78 is 20.6. The average molecular weight is 419 g/mol. The van der Waals surface area contributed by atoms with Gasteiger partial charge in [-0.2, -0.15) is 0 Å². The van der Waals surface area contributed by atoms with Crippen LogP contribution in [0, 0.1) is 11.7 Å². The maximum atomic E-state index is 13.0. The molecule has 1 aromatic heterocycles. The Kier molecular flexibility index (Phi) is 7.69. The molecular formula is C21H27FN4O2S. The Morgan fingerprint density at radius 2 is 2.10 bits per heavy atom. The van der Waals surface area contributed by atoms with Gasteiger partial charge in [0.05, 0.1) is 5.75 Å². The Balaban J connectivity index is 1.56. The number of aromatic nitrogens is 3. The van der Waals surface area contributed by atoms with E-state index in [9.17, 15) is 9.18 Å². The van der Waals surface area contributed by atoms with E-state index >= 15 is 0 Å². The second kappa shape index (κ2) is 10.4. The molecule has 156 valence electrons. The highest BCUT2D eigenvalue weighted by Crippen LogP contribution is 2.24. The largest absolute Gasteiger partial charge is 0.486 e. The minimum atomic E-state index is -0.313. The van der Waals surface area contributed by atoms with Crippen LogP contribution >= 0.6 is 11.8 Å². The molecule has 0 radical (unpaired) electrons. The Morgan fingerprint density at radius 1 is 1.34 bits per heavy atom. The monoisotopic (exact) mass is 418 g/mol. The quantitative estimate of drug-likeness (QED) is 0.493. The number of rotatable bonds is 9. The fourth-order valence-electron chi connectivity index (χ4n) is 3.43. The molecule has 0 unspecified atom stereocenters. The van der Waals surface area contributed by atoms with Crippen molar-refractivity contribution in [3.05, 3.63) is 48.6 Å². The lowest BCUT2D eigenvalue weighted by molar-refractivity contribution is -0.119. The average Bonchev–Trinajstić information content (AvgIpc) is 3.10. The molecule has 0 bridgehead atoms. The van der Waals surface area contributed by atoms with Crippen molar-refractivity contribution in [2.45, 2.75) is 57.0 Å². The summed E-state index contributed by atoms with van der Waals surface area (Å²) >= 11 is 1.35. The summed E-state index contributed by atoms with van der Waals surface area (Å²) in [6, 6.07) is 6.09. The van der Waals surface area contributed by atoms with Gasteiger partial charge in [-0.1, -0.05) is 37.6 Å². The standard InChI is InChI=1S/C21H27FN4O2S/c1-3-12-26-19(13-28-17-10-8-16(22)9-11-17)24-25-21(26)29-14-20(27)23-18-7-5-4-6-15(18)2/h3,8-11,15,18H,1,4-7,12-14H2,2H3,(H,23,27)/t15-,18+/m0/s1. The number of allylic oxidation sites excluding steroid dienone is 1. The molecule has 1 fully saturated rings. The van der Waals surface area contributed by atoms with Crippen LogP contribution in [0.1, 0.15) is 38.4 Å². The first-order valence-corrected chi connectivity index (χ1v) is 10.9. The zero-order valence-corrected chi connectivity index (χ0v) is 17.5. The van der Waals surface area contributed by atoms with Crippen LogP contribution < -0.4 is 10.1 Å². The fraction of sp³-hybridized carbons (Fsp3) is 0.476. The summed E-state index contributed by atoms with van der Waals surface area (Å²) in [5, 5.41) is 12.2. The predicted molar refractivity (Wildman–Crippen MR) is 111 cm³/mol. The molecule has 8 heteroatoms. The molecule has 1 heterocycles. The van der Waals surface area contributed by atoms with Crippen molar-refractivity contribution in [3.8, 4) is 5.75 Å². The smallest absolute Gasteiger partial charge is 0.230 e. The van der Waals surface area contributed by atoms with Crippen LogP contribution in [0.2, 0.25) is 0 Å². The van der Waals surface area contributed by atoms with Crippen LogP contribution in [-0.4, -0.2) is 32.5 Å². The van der Waals surface area contributed by atoms with Crippen LogP contribution in [0.3, 0.4) is 0 Å². The molecule has 6 nitrogen and oxygen atoms in total. The van der Waals surface area contributed by atoms with Gasteiger partial charge in [-0.15, -0.1) is 16.8 Å². The van der Waals surface area contributed by atoms with E-state index in [0.29, 0.717) is 29.2 Å². The van der Waals surface area contributed by atoms with Gasteiger partial charge < -0.3 is 10.1 Å². The lowest BCUT2D eigenvalue weighted by Crippen LogP contribution is -2.41. The topological polar surface area (TPSA) is 69.0 Å². The molecule has 3 rings (SSSR count). The highest BCUT2D eigenvalue weighted by atomic mass is 32.2. The van der Waals surface area contributed by atoms with Crippen LogP contribution in [0.25, 0.3) is 0 Å². The third kappa shape index (κ3) is 6.06. The lowest BCUT2D eigenvalue weighted by atomic mass is 9.86. The molecule has 1 amide bonds. The van der Waals surface area contributed by atoms with Gasteiger partial charge in [-0.3, -0.25) is 9.36 Å². The first-order valence-electron chi connectivity index (χ1n) is 9.90. The maximum Gasteiger partial charge on any atom is 0.230 e. The Morgan fingerprint density at radius 3 is 2.83 bits per heavy atom. The molecule has 0 aliphatic heterocycles. The normalized spacial score (nSPS) is 19.0. The molecule has 2 atom stereocenters. The summed E-state index contributed by atoms with van der Waals surface area (Å²) in [6.07, 6.45) is 6.39. The maximum absolute atomic E-state index is 13.0. The molecule has 1 N–H and O–H groups in total. The SMILES string of the molecule is C=CCn1c(COc2ccc(F)cc2)nnc1SCC(=O)N[C@@H]1CCCC[C@@H]1C. The van der Waals surface area contributed by atoms with Crippen molar-refractivity contribution < 1.29 is 13.9 Å². The number of thioether (sulfide) groups is 1. The summed E-state index contributed by atoms with van der Waals surface area (Å²) in [5.41, 5.74) is 0. The zero-order chi connectivity index (χ0) is 20.6. The van der Waals surface area contributed by atoms with Gasteiger partial charge in [0.25, 0.3) is 0 Å². The van der Waals surface area contributed by atoms with E-state index in [1.165, 1.54) is 43.2 Å². The van der Waals surface area contributed by atoms with Crippen molar-refractivity contribution in [1.82, 2.24) is 20.1 Å². The Hall–Kier alpha value is -2.35. The fourth-order valence-corrected chi connectivity index (χ4v) is 4.21. The van der Waals surface area contributed by atoms with Gasteiger partial charge >= 0.3 is 0 Å². The number of benzene rings is 1. The van der Waals surface area contributed by atoms with Gasteiger partial charge in [0.2, 0.25) is 5.91 Å². The Bertz CT molecular complexity index is 825. The van der Waals surface area contributed by atoms with E-state index in [4.69, 9.17) is 4.74 Å². The van der Waals surface area contributed by atoms with Crippen LogP contribution in [0.15, 0.2) is 42.1 Å². The number of hydrogen-bond donors (Lipinski definition) is 1. The molecule has 2 aromatic rings. The number of hydrogen-bond acceptors (Lipinski definition) is 5. The molecule has 0 spiro atoms. The Labute approximate surface area is 174 Å².